The number of methoxy groups -OCH3 is 2. The van der Waals surface area contributed by atoms with E-state index in [4.69, 9.17) is 21.1 Å². The van der Waals surface area contributed by atoms with Crippen molar-refractivity contribution in [2.75, 3.05) is 37.5 Å². The zero-order valence-corrected chi connectivity index (χ0v) is 23.7. The molecule has 1 heterocycles. The molecule has 0 saturated carbocycles. The number of unbranched alkanes of at least 4 members (excludes halogenated alkanes) is 2. The number of carbonyl (C=O) groups is 2. The molecule has 10 heteroatoms. The Hall–Kier alpha value is -3.30. The number of anilines is 3. The van der Waals surface area contributed by atoms with Crippen molar-refractivity contribution >= 4 is 52.9 Å². The highest BCUT2D eigenvalue weighted by Gasteiger charge is 2.28. The van der Waals surface area contributed by atoms with Crippen LogP contribution in [-0.4, -0.2) is 44.6 Å². The molecule has 0 spiro atoms. The van der Waals surface area contributed by atoms with Crippen LogP contribution in [-0.2, 0) is 11.2 Å². The van der Waals surface area contributed by atoms with Crippen molar-refractivity contribution in [3.05, 3.63) is 76.8 Å². The van der Waals surface area contributed by atoms with Crippen LogP contribution in [0.15, 0.2) is 60.7 Å². The third-order valence-corrected chi connectivity index (χ3v) is 6.60. The van der Waals surface area contributed by atoms with Gasteiger partial charge in [-0.15, -0.1) is 12.4 Å². The van der Waals surface area contributed by atoms with Crippen molar-refractivity contribution in [1.82, 2.24) is 5.32 Å². The number of carbonyl (C=O) groups excluding carboxylic acids is 2. The van der Waals surface area contributed by atoms with Crippen LogP contribution in [0.4, 0.5) is 17.1 Å². The fourth-order valence-electron chi connectivity index (χ4n) is 4.46. The van der Waals surface area contributed by atoms with Crippen molar-refractivity contribution < 1.29 is 24.5 Å². The van der Waals surface area contributed by atoms with Crippen molar-refractivity contribution in [3.63, 3.8) is 0 Å². The SMILES string of the molecule is COc1ccc(CCNCCCCCC(=O)N2c3ccc(Cl)cc3NC(=O)c3ccccc32)cc1OC.Cl.O. The number of para-hydroxylation sites is 1. The van der Waals surface area contributed by atoms with Gasteiger partial charge in [0.1, 0.15) is 0 Å². The van der Waals surface area contributed by atoms with E-state index in [1.807, 2.05) is 24.3 Å². The van der Waals surface area contributed by atoms with Crippen LogP contribution in [0.2, 0.25) is 5.02 Å². The Balaban J connectivity index is 0.00000267. The highest BCUT2D eigenvalue weighted by molar-refractivity contribution is 6.31. The number of benzene rings is 3. The Kier molecular flexibility index (Phi) is 12.5. The van der Waals surface area contributed by atoms with Gasteiger partial charge in [-0.05, 0) is 80.4 Å². The highest BCUT2D eigenvalue weighted by atomic mass is 35.5. The highest BCUT2D eigenvalue weighted by Crippen LogP contribution is 2.39. The fourth-order valence-corrected chi connectivity index (χ4v) is 4.63. The number of nitrogens with one attached hydrogen (secondary N) is 2. The summed E-state index contributed by atoms with van der Waals surface area (Å²) in [6, 6.07) is 18.3. The monoisotopic (exact) mass is 575 g/mol. The molecule has 39 heavy (non-hydrogen) atoms. The molecule has 0 unspecified atom stereocenters. The Labute approximate surface area is 240 Å². The molecule has 210 valence electrons. The van der Waals surface area contributed by atoms with E-state index < -0.39 is 0 Å². The summed E-state index contributed by atoms with van der Waals surface area (Å²) in [4.78, 5) is 27.8. The van der Waals surface area contributed by atoms with Crippen LogP contribution >= 0.6 is 24.0 Å². The predicted molar refractivity (Wildman–Crippen MR) is 158 cm³/mol. The van der Waals surface area contributed by atoms with Gasteiger partial charge in [-0.1, -0.05) is 36.2 Å². The summed E-state index contributed by atoms with van der Waals surface area (Å²) < 4.78 is 10.7. The molecular formula is C29H35Cl2N3O5. The zero-order valence-electron chi connectivity index (χ0n) is 22.1. The van der Waals surface area contributed by atoms with Gasteiger partial charge in [0.05, 0.1) is 36.8 Å². The van der Waals surface area contributed by atoms with Gasteiger partial charge in [-0.2, -0.15) is 0 Å². The van der Waals surface area contributed by atoms with Gasteiger partial charge in [-0.3, -0.25) is 14.5 Å². The van der Waals surface area contributed by atoms with E-state index in [1.54, 1.807) is 55.5 Å². The molecule has 0 bridgehead atoms. The Bertz CT molecular complexity index is 1270. The molecule has 0 radical (unpaired) electrons. The number of hydrogen-bond donors (Lipinski definition) is 2. The summed E-state index contributed by atoms with van der Waals surface area (Å²) in [5, 5.41) is 6.85. The van der Waals surface area contributed by atoms with Crippen molar-refractivity contribution in [2.24, 2.45) is 0 Å². The van der Waals surface area contributed by atoms with Crippen LogP contribution in [0, 0.1) is 0 Å². The van der Waals surface area contributed by atoms with E-state index >= 15 is 0 Å². The van der Waals surface area contributed by atoms with Crippen molar-refractivity contribution in [3.8, 4) is 11.5 Å². The molecule has 1 aliphatic rings. The van der Waals surface area contributed by atoms with Crippen LogP contribution in [0.5, 0.6) is 11.5 Å². The summed E-state index contributed by atoms with van der Waals surface area (Å²) in [6.07, 6.45) is 3.94. The maximum atomic E-state index is 13.4. The molecule has 3 aromatic rings. The summed E-state index contributed by atoms with van der Waals surface area (Å²) in [7, 11) is 3.27. The second-order valence-corrected chi connectivity index (χ2v) is 9.30. The van der Waals surface area contributed by atoms with Gasteiger partial charge in [0.25, 0.3) is 5.91 Å². The third-order valence-electron chi connectivity index (χ3n) is 6.37. The largest absolute Gasteiger partial charge is 0.493 e. The van der Waals surface area contributed by atoms with Crippen LogP contribution in [0.3, 0.4) is 0 Å². The Morgan fingerprint density at radius 1 is 0.923 bits per heavy atom. The molecule has 0 fully saturated rings. The fraction of sp³-hybridized carbons (Fsp3) is 0.310. The molecule has 0 atom stereocenters. The molecular weight excluding hydrogens is 541 g/mol. The van der Waals surface area contributed by atoms with Crippen LogP contribution < -0.4 is 25.0 Å². The standard InChI is InChI=1S/C29H32ClN3O4.ClH.H2O/c1-36-26-14-11-20(18-27(26)37-2)15-17-31-16-7-3-4-10-28(34)33-24-9-6-5-8-22(24)29(35)32-23-19-21(30)12-13-25(23)33;;/h5-6,8-9,11-14,18-19,31H,3-4,7,10,15-17H2,1-2H3,(H,32,35);1H;1H2. The van der Waals surface area contributed by atoms with Crippen LogP contribution in [0.25, 0.3) is 0 Å². The molecule has 4 rings (SSSR count). The molecule has 8 nitrogen and oxygen atoms in total. The summed E-state index contributed by atoms with van der Waals surface area (Å²) >= 11 is 6.16. The molecule has 1 aliphatic heterocycles. The quantitative estimate of drug-likeness (QED) is 0.290. The first-order valence-corrected chi connectivity index (χ1v) is 12.8. The minimum absolute atomic E-state index is 0. The first kappa shape index (κ1) is 31.9. The maximum Gasteiger partial charge on any atom is 0.257 e. The number of hydrogen-bond acceptors (Lipinski definition) is 5. The number of fused-ring (bicyclic) bond motifs is 2. The lowest BCUT2D eigenvalue weighted by molar-refractivity contribution is -0.118. The number of halogens is 2. The molecule has 0 saturated heterocycles. The predicted octanol–water partition coefficient (Wildman–Crippen LogP) is 5.58. The normalized spacial score (nSPS) is 11.7. The molecule has 4 N–H and O–H groups in total. The van der Waals surface area contributed by atoms with Crippen molar-refractivity contribution in [2.45, 2.75) is 32.1 Å². The van der Waals surface area contributed by atoms with Gasteiger partial charge in [0.2, 0.25) is 5.91 Å². The van der Waals surface area contributed by atoms with Gasteiger partial charge >= 0.3 is 0 Å². The zero-order chi connectivity index (χ0) is 26.2. The van der Waals surface area contributed by atoms with Crippen molar-refractivity contribution in [1.29, 1.82) is 0 Å². The summed E-state index contributed by atoms with van der Waals surface area (Å²) in [5.41, 5.74) is 3.39. The second-order valence-electron chi connectivity index (χ2n) is 8.86. The topological polar surface area (TPSA) is 111 Å². The van der Waals surface area contributed by atoms with E-state index in [9.17, 15) is 9.59 Å². The summed E-state index contributed by atoms with van der Waals surface area (Å²) in [6.45, 7) is 1.74. The Morgan fingerprint density at radius 2 is 1.69 bits per heavy atom. The molecule has 2 amide bonds. The number of amides is 2. The lowest BCUT2D eigenvalue weighted by Crippen LogP contribution is -2.26. The molecule has 0 aromatic heterocycles. The summed E-state index contributed by atoms with van der Waals surface area (Å²) in [5.74, 6) is 1.16. The first-order valence-electron chi connectivity index (χ1n) is 12.5. The second kappa shape index (κ2) is 15.3. The smallest absolute Gasteiger partial charge is 0.257 e. The molecule has 0 aliphatic carbocycles. The maximum absolute atomic E-state index is 13.4. The van der Waals surface area contributed by atoms with E-state index in [0.717, 1.165) is 50.3 Å². The van der Waals surface area contributed by atoms with Gasteiger partial charge in [0, 0.05) is 11.4 Å². The van der Waals surface area contributed by atoms with Gasteiger partial charge < -0.3 is 25.6 Å². The van der Waals surface area contributed by atoms with E-state index in [1.165, 1.54) is 5.56 Å². The number of nitrogens with zero attached hydrogens (tertiary/aromatic N) is 1. The molecule has 3 aromatic carbocycles. The number of rotatable bonds is 11. The first-order chi connectivity index (χ1) is 18.0. The van der Waals surface area contributed by atoms with E-state index in [0.29, 0.717) is 34.1 Å². The minimum atomic E-state index is -0.256. The third kappa shape index (κ3) is 7.86. The van der Waals surface area contributed by atoms with E-state index in [2.05, 4.69) is 10.6 Å². The van der Waals surface area contributed by atoms with Crippen LogP contribution in [0.1, 0.15) is 41.6 Å². The van der Waals surface area contributed by atoms with Gasteiger partial charge in [-0.25, -0.2) is 0 Å². The number of ether oxygens (including phenoxy) is 2. The Morgan fingerprint density at radius 3 is 2.46 bits per heavy atom. The average molecular weight is 577 g/mol. The lowest BCUT2D eigenvalue weighted by atomic mass is 10.1. The van der Waals surface area contributed by atoms with Gasteiger partial charge in [0.15, 0.2) is 11.5 Å². The average Bonchev–Trinajstić information content (AvgIpc) is 3.03. The minimum Gasteiger partial charge on any atom is -0.493 e. The lowest BCUT2D eigenvalue weighted by Gasteiger charge is -2.24. The van der Waals surface area contributed by atoms with E-state index in [-0.39, 0.29) is 29.7 Å².